The fraction of sp³-hybridized carbons (Fsp3) is 0.556. The molecule has 3 unspecified atom stereocenters. The minimum absolute atomic E-state index is 0.160. The van der Waals surface area contributed by atoms with Gasteiger partial charge >= 0.3 is 12.1 Å². The number of rotatable bonds is 13. The van der Waals surface area contributed by atoms with Gasteiger partial charge in [-0.15, -0.1) is 0 Å². The van der Waals surface area contributed by atoms with Crippen LogP contribution in [0.25, 0.3) is 0 Å². The zero-order valence-electron chi connectivity index (χ0n) is 29.1. The van der Waals surface area contributed by atoms with Gasteiger partial charge in [-0.2, -0.15) is 0 Å². The Balaban J connectivity index is 2.66. The summed E-state index contributed by atoms with van der Waals surface area (Å²) in [6, 6.07) is 12.9. The summed E-state index contributed by atoms with van der Waals surface area (Å²) >= 11 is 0. The summed E-state index contributed by atoms with van der Waals surface area (Å²) < 4.78 is 11.0. The lowest BCUT2D eigenvalue weighted by atomic mass is 9.91. The van der Waals surface area contributed by atoms with Crippen LogP contribution in [-0.4, -0.2) is 69.3 Å². The number of benzene rings is 2. The maximum absolute atomic E-state index is 14.5. The summed E-state index contributed by atoms with van der Waals surface area (Å²) in [6.07, 6.45) is 0.479. The monoisotopic (exact) mass is 639 g/mol. The molecule has 3 amide bonds. The smallest absolute Gasteiger partial charge is 0.408 e. The first-order chi connectivity index (χ1) is 21.3. The molecule has 0 fully saturated rings. The fourth-order valence-corrected chi connectivity index (χ4v) is 4.77. The molecule has 2 aromatic carbocycles. The molecule has 2 rings (SSSR count). The van der Waals surface area contributed by atoms with E-state index in [4.69, 9.17) is 9.47 Å². The normalized spacial score (nSPS) is 14.0. The van der Waals surface area contributed by atoms with E-state index in [-0.39, 0.29) is 6.42 Å². The maximum atomic E-state index is 14.5. The van der Waals surface area contributed by atoms with Gasteiger partial charge in [0.15, 0.2) is 0 Å². The highest BCUT2D eigenvalue weighted by Gasteiger charge is 2.44. The number of carbonyl (C=O) groups is 4. The van der Waals surface area contributed by atoms with Crippen molar-refractivity contribution in [2.75, 3.05) is 6.61 Å². The Morgan fingerprint density at radius 1 is 0.761 bits per heavy atom. The summed E-state index contributed by atoms with van der Waals surface area (Å²) in [4.78, 5) is 56.4. The summed E-state index contributed by atoms with van der Waals surface area (Å²) in [6.45, 7) is 17.1. The molecule has 2 aromatic rings. The van der Waals surface area contributed by atoms with Crippen molar-refractivity contribution in [2.24, 2.45) is 0 Å². The molecule has 0 saturated heterocycles. The predicted molar refractivity (Wildman–Crippen MR) is 178 cm³/mol. The van der Waals surface area contributed by atoms with Crippen LogP contribution in [-0.2, 0) is 36.7 Å². The number of aliphatic hydroxyl groups is 1. The number of amides is 3. The number of carbonyl (C=O) groups excluding carboxylic acids is 4. The van der Waals surface area contributed by atoms with Gasteiger partial charge in [0.25, 0.3) is 0 Å². The van der Waals surface area contributed by atoms with E-state index in [1.165, 1.54) is 4.90 Å². The Labute approximate surface area is 274 Å². The number of esters is 1. The van der Waals surface area contributed by atoms with Gasteiger partial charge in [0, 0.05) is 12.0 Å². The van der Waals surface area contributed by atoms with E-state index in [0.717, 1.165) is 17.5 Å². The highest BCUT2D eigenvalue weighted by molar-refractivity contribution is 5.94. The third kappa shape index (κ3) is 11.5. The van der Waals surface area contributed by atoms with E-state index in [0.29, 0.717) is 12.0 Å². The molecule has 0 aromatic heterocycles. The molecule has 10 nitrogen and oxygen atoms in total. The zero-order valence-corrected chi connectivity index (χ0v) is 29.1. The summed E-state index contributed by atoms with van der Waals surface area (Å²) in [5, 5.41) is 15.7. The van der Waals surface area contributed by atoms with E-state index < -0.39 is 65.4 Å². The highest BCUT2D eigenvalue weighted by Crippen LogP contribution is 2.33. The number of ether oxygens (including phenoxy) is 2. The Morgan fingerprint density at radius 2 is 1.33 bits per heavy atom. The third-order valence-electron chi connectivity index (χ3n) is 7.43. The van der Waals surface area contributed by atoms with Gasteiger partial charge in [0.05, 0.1) is 6.61 Å². The first-order valence-corrected chi connectivity index (χ1v) is 15.9. The average molecular weight is 640 g/mol. The highest BCUT2D eigenvalue weighted by atomic mass is 16.6. The molecule has 0 spiro atoms. The summed E-state index contributed by atoms with van der Waals surface area (Å²) in [7, 11) is 0. The van der Waals surface area contributed by atoms with Crippen LogP contribution in [0.1, 0.15) is 98.4 Å². The molecule has 10 heteroatoms. The lowest BCUT2D eigenvalue weighted by Gasteiger charge is -2.44. The molecular formula is C36H53N3O7. The van der Waals surface area contributed by atoms with Crippen molar-refractivity contribution in [3.8, 4) is 0 Å². The van der Waals surface area contributed by atoms with Gasteiger partial charge in [0.1, 0.15) is 29.3 Å². The Bertz CT molecular complexity index is 1310. The Morgan fingerprint density at radius 3 is 1.80 bits per heavy atom. The van der Waals surface area contributed by atoms with Crippen molar-refractivity contribution in [3.63, 3.8) is 0 Å². The molecule has 0 bridgehead atoms. The SMILES string of the molecule is CCc1ccc(C(C(=O)NC(Cc2ccccc2)C(=O)OC(C)(C)C)N(C(=O)C(CO)NC(=O)OC(C)(C)C)C(C)(C)CC)cc1. The molecule has 0 aliphatic rings. The van der Waals surface area contributed by atoms with Crippen molar-refractivity contribution in [3.05, 3.63) is 71.3 Å². The maximum Gasteiger partial charge on any atom is 0.408 e. The van der Waals surface area contributed by atoms with Crippen molar-refractivity contribution in [2.45, 2.75) is 123 Å². The number of nitrogens with one attached hydrogen (secondary N) is 2. The largest absolute Gasteiger partial charge is 0.458 e. The lowest BCUT2D eigenvalue weighted by Crippen LogP contribution is -2.61. The Kier molecular flexibility index (Phi) is 13.4. The van der Waals surface area contributed by atoms with Crippen LogP contribution in [0.2, 0.25) is 0 Å². The molecule has 0 heterocycles. The van der Waals surface area contributed by atoms with Crippen LogP contribution in [0.3, 0.4) is 0 Å². The number of alkyl carbamates (subject to hydrolysis) is 1. The molecule has 46 heavy (non-hydrogen) atoms. The van der Waals surface area contributed by atoms with Gasteiger partial charge < -0.3 is 30.1 Å². The van der Waals surface area contributed by atoms with E-state index in [1.807, 2.05) is 70.2 Å². The first kappa shape index (κ1) is 38.3. The summed E-state index contributed by atoms with van der Waals surface area (Å²) in [5.41, 5.74) is -0.237. The second-order valence-electron chi connectivity index (χ2n) is 14.0. The molecule has 0 aliphatic heterocycles. The van der Waals surface area contributed by atoms with Gasteiger partial charge in [-0.25, -0.2) is 9.59 Å². The molecule has 0 aliphatic carbocycles. The van der Waals surface area contributed by atoms with Gasteiger partial charge in [-0.1, -0.05) is 68.4 Å². The standard InChI is InChI=1S/C36H53N3O7/c1-11-24-18-20-26(21-19-24)29(30(41)37-27(32(43)45-34(3,4)5)22-25-16-14-13-15-17-25)39(36(9,10)12-2)31(42)28(23-40)38-33(44)46-35(6,7)8/h13-21,27-29,40H,11-12,22-23H2,1-10H3,(H,37,41)(H,38,44). The minimum atomic E-state index is -1.41. The number of aliphatic hydroxyl groups excluding tert-OH is 1. The second-order valence-corrected chi connectivity index (χ2v) is 14.0. The summed E-state index contributed by atoms with van der Waals surface area (Å²) in [5.74, 6) is -1.91. The quantitative estimate of drug-likeness (QED) is 0.255. The predicted octanol–water partition coefficient (Wildman–Crippen LogP) is 5.26. The van der Waals surface area contributed by atoms with Crippen molar-refractivity contribution in [1.29, 1.82) is 0 Å². The zero-order chi connectivity index (χ0) is 34.9. The number of nitrogens with zero attached hydrogens (tertiary/aromatic N) is 1. The van der Waals surface area contributed by atoms with Gasteiger partial charge in [-0.3, -0.25) is 9.59 Å². The van der Waals surface area contributed by atoms with Crippen LogP contribution < -0.4 is 10.6 Å². The minimum Gasteiger partial charge on any atom is -0.458 e. The number of hydrogen-bond donors (Lipinski definition) is 3. The first-order valence-electron chi connectivity index (χ1n) is 15.9. The molecule has 0 saturated carbocycles. The van der Waals surface area contributed by atoms with Crippen molar-refractivity contribution >= 4 is 23.9 Å². The van der Waals surface area contributed by atoms with E-state index >= 15 is 0 Å². The van der Waals surface area contributed by atoms with Crippen molar-refractivity contribution in [1.82, 2.24) is 15.5 Å². The Hall–Kier alpha value is -3.92. The lowest BCUT2D eigenvalue weighted by molar-refractivity contribution is -0.159. The number of aryl methyl sites for hydroxylation is 1. The molecule has 254 valence electrons. The van der Waals surface area contributed by atoms with Crippen LogP contribution >= 0.6 is 0 Å². The number of hydrogen-bond acceptors (Lipinski definition) is 7. The molecular weight excluding hydrogens is 586 g/mol. The van der Waals surface area contributed by atoms with Crippen LogP contribution in [0, 0.1) is 0 Å². The average Bonchev–Trinajstić information content (AvgIpc) is 2.96. The third-order valence-corrected chi connectivity index (χ3v) is 7.43. The van der Waals surface area contributed by atoms with Crippen LogP contribution in [0.5, 0.6) is 0 Å². The second kappa shape index (κ2) is 16.1. The van der Waals surface area contributed by atoms with E-state index in [1.54, 1.807) is 53.7 Å². The molecule has 3 N–H and O–H groups in total. The fourth-order valence-electron chi connectivity index (χ4n) is 4.77. The topological polar surface area (TPSA) is 134 Å². The molecule has 3 atom stereocenters. The van der Waals surface area contributed by atoms with Gasteiger partial charge in [-0.05, 0) is 84.9 Å². The van der Waals surface area contributed by atoms with E-state index in [9.17, 15) is 24.3 Å². The van der Waals surface area contributed by atoms with Gasteiger partial charge in [0.2, 0.25) is 11.8 Å². The van der Waals surface area contributed by atoms with Crippen LogP contribution in [0.4, 0.5) is 4.79 Å². The molecule has 0 radical (unpaired) electrons. The van der Waals surface area contributed by atoms with Crippen molar-refractivity contribution < 1.29 is 33.8 Å². The van der Waals surface area contributed by atoms with Crippen LogP contribution in [0.15, 0.2) is 54.6 Å². The van der Waals surface area contributed by atoms with E-state index in [2.05, 4.69) is 10.6 Å².